The zero-order valence-electron chi connectivity index (χ0n) is 53.5. The summed E-state index contributed by atoms with van der Waals surface area (Å²) >= 11 is 0. The first kappa shape index (κ1) is 98.8. The first-order valence-electron chi connectivity index (χ1n) is 30.9. The van der Waals surface area contributed by atoms with Crippen LogP contribution in [0.5, 0.6) is 0 Å². The van der Waals surface area contributed by atoms with Gasteiger partial charge in [0.2, 0.25) is 0 Å². The Morgan fingerprint density at radius 1 is 0.197 bits per heavy atom. The Morgan fingerprint density at radius 2 is 0.273 bits per heavy atom. The Labute approximate surface area is 431 Å². The van der Waals surface area contributed by atoms with E-state index < -0.39 is 0 Å². The molecule has 0 spiro atoms. The van der Waals surface area contributed by atoms with Gasteiger partial charge in [-0.3, -0.25) is 4.79 Å². The van der Waals surface area contributed by atoms with Crippen LogP contribution in [-0.4, -0.2) is 12.6 Å². The predicted molar refractivity (Wildman–Crippen MR) is 325 cm³/mol. The number of carbonyl (C=O) groups excluding carboxylic acids is 1. The number of ether oxygens (including phenoxy) is 1. The van der Waals surface area contributed by atoms with E-state index in [4.69, 9.17) is 0 Å². The molecule has 0 aliphatic heterocycles. The van der Waals surface area contributed by atoms with E-state index >= 15 is 0 Å². The number of esters is 1. The van der Waals surface area contributed by atoms with Gasteiger partial charge < -0.3 is 4.74 Å². The minimum Gasteiger partial charge on any atom is -0.466 e. The van der Waals surface area contributed by atoms with E-state index in [0.29, 0.717) is 6.61 Å². The second-order valence-corrected chi connectivity index (χ2v) is 17.2. The van der Waals surface area contributed by atoms with E-state index in [1.807, 2.05) is 0 Å². The highest BCUT2D eigenvalue weighted by molar-refractivity contribution is 5.65. The molecular weight excluding hydrogens is 801 g/mol. The van der Waals surface area contributed by atoms with Crippen LogP contribution in [-0.2, 0) is 9.53 Å². The summed E-state index contributed by atoms with van der Waals surface area (Å²) in [5.74, 6) is -0.211. The summed E-state index contributed by atoms with van der Waals surface area (Å²) in [6, 6.07) is 0. The molecule has 0 unspecified atom stereocenters. The fourth-order valence-corrected chi connectivity index (χ4v) is 4.45. The fourth-order valence-electron chi connectivity index (χ4n) is 4.45. The normalized spacial score (nSPS) is 8.33. The van der Waals surface area contributed by atoms with Gasteiger partial charge in [-0.2, -0.15) is 0 Å². The first-order chi connectivity index (χ1) is 31.7. The maximum Gasteiger partial charge on any atom is 0.302 e. The van der Waals surface area contributed by atoms with Crippen molar-refractivity contribution < 1.29 is 9.53 Å². The second-order valence-electron chi connectivity index (χ2n) is 17.2. The second kappa shape index (κ2) is 159. The molecule has 2 heteroatoms. The molecule has 0 amide bonds. The van der Waals surface area contributed by atoms with Gasteiger partial charge in [0.05, 0.1) is 6.61 Å². The van der Waals surface area contributed by atoms with Crippen LogP contribution in [0.2, 0.25) is 0 Å². The van der Waals surface area contributed by atoms with Crippen LogP contribution < -0.4 is 0 Å². The van der Waals surface area contributed by atoms with Gasteiger partial charge in [0.25, 0.3) is 0 Å². The van der Waals surface area contributed by atoms with Gasteiger partial charge in [-0.05, 0) is 6.92 Å². The van der Waals surface area contributed by atoms with E-state index in [1.54, 1.807) is 6.92 Å². The molecule has 2 nitrogen and oxygen atoms in total. The third-order valence-corrected chi connectivity index (χ3v) is 8.83. The first-order valence-corrected chi connectivity index (χ1v) is 30.9. The van der Waals surface area contributed by atoms with Gasteiger partial charge in [0.1, 0.15) is 0 Å². The Balaban J connectivity index is -0.0000000419. The molecule has 0 bridgehead atoms. The summed E-state index contributed by atoms with van der Waals surface area (Å²) in [6.45, 7) is 56.7. The highest BCUT2D eigenvalue weighted by atomic mass is 16.5. The van der Waals surface area contributed by atoms with Crippen molar-refractivity contribution in [2.75, 3.05) is 6.61 Å². The molecule has 0 saturated carbocycles. The number of hydrogen-bond donors (Lipinski definition) is 0. The van der Waals surface area contributed by atoms with E-state index in [2.05, 4.69) is 171 Å². The van der Waals surface area contributed by atoms with Gasteiger partial charge in [0, 0.05) is 6.92 Å². The van der Waals surface area contributed by atoms with Crippen molar-refractivity contribution in [2.24, 2.45) is 0 Å². The highest BCUT2D eigenvalue weighted by Gasteiger charge is 1.81. The molecule has 0 aliphatic rings. The minimum atomic E-state index is -0.211. The molecule has 0 aromatic rings. The zero-order valence-corrected chi connectivity index (χ0v) is 53.5. The fraction of sp³-hybridized carbons (Fsp3) is 0.984. The predicted octanol–water partition coefficient (Wildman–Crippen LogP) is 26.9. The van der Waals surface area contributed by atoms with Gasteiger partial charge in [-0.1, -0.05) is 397 Å². The molecule has 66 heavy (non-hydrogen) atoms. The molecule has 0 saturated heterocycles. The number of carbonyl (C=O) groups is 1. The summed E-state index contributed by atoms with van der Waals surface area (Å²) in [5.41, 5.74) is 0. The van der Waals surface area contributed by atoms with Crippen molar-refractivity contribution in [1.29, 1.82) is 0 Å². The largest absolute Gasteiger partial charge is 0.466 e. The quantitative estimate of drug-likeness (QED) is 0.0853. The van der Waals surface area contributed by atoms with Crippen molar-refractivity contribution in [3.05, 3.63) is 0 Å². The summed E-state index contributed by atoms with van der Waals surface area (Å²) in [6.07, 6.45) is 48.9. The third-order valence-electron chi connectivity index (χ3n) is 8.83. The average Bonchev–Trinajstić information content (AvgIpc) is 3.30. The minimum absolute atomic E-state index is 0.211. The highest BCUT2D eigenvalue weighted by Crippen LogP contribution is 1.93. The van der Waals surface area contributed by atoms with Gasteiger partial charge in [-0.15, -0.1) is 0 Å². The standard InChI is InChI=1S/12C5H12.C4H8O2/c12*1-3-5-4-2;1-3-6-4(2)5/h12*3-5H2,1-2H3;3H2,1-2H3. The smallest absolute Gasteiger partial charge is 0.302 e. The number of rotatable bonds is 25. The SMILES string of the molecule is CCCCC.CCCCC.CCCCC.CCCCC.CCCCC.CCCCC.CCCCC.CCCCC.CCCCC.CCCCC.CCCCC.CCCCC.CCOC(C)=O. The topological polar surface area (TPSA) is 26.3 Å². The molecule has 0 aromatic carbocycles. The number of hydrogen-bond acceptors (Lipinski definition) is 2. The van der Waals surface area contributed by atoms with Crippen LogP contribution in [0.3, 0.4) is 0 Å². The van der Waals surface area contributed by atoms with Crippen LogP contribution in [0, 0.1) is 0 Å². The molecular formula is C64H152O2. The third kappa shape index (κ3) is 354. The van der Waals surface area contributed by atoms with Crippen molar-refractivity contribution in [2.45, 2.75) is 411 Å². The van der Waals surface area contributed by atoms with Crippen LogP contribution >= 0.6 is 0 Å². The lowest BCUT2D eigenvalue weighted by Gasteiger charge is -1.89. The lowest BCUT2D eigenvalue weighted by atomic mass is 10.3. The van der Waals surface area contributed by atoms with E-state index in [9.17, 15) is 4.79 Å². The molecule has 0 fully saturated rings. The maximum atomic E-state index is 9.82. The summed E-state index contributed by atoms with van der Waals surface area (Å²) < 4.78 is 4.40. The maximum absolute atomic E-state index is 9.82. The van der Waals surface area contributed by atoms with E-state index in [1.165, 1.54) is 238 Å². The van der Waals surface area contributed by atoms with Gasteiger partial charge >= 0.3 is 5.97 Å². The van der Waals surface area contributed by atoms with Crippen LogP contribution in [0.15, 0.2) is 0 Å². The molecule has 0 aromatic heterocycles. The van der Waals surface area contributed by atoms with Crippen molar-refractivity contribution in [3.8, 4) is 0 Å². The molecule has 0 heterocycles. The Bertz CT molecular complexity index is 336. The van der Waals surface area contributed by atoms with Crippen molar-refractivity contribution >= 4 is 5.97 Å². The average molecular weight is 954 g/mol. The van der Waals surface area contributed by atoms with E-state index in [-0.39, 0.29) is 5.97 Å². The van der Waals surface area contributed by atoms with Crippen LogP contribution in [0.1, 0.15) is 411 Å². The summed E-state index contributed by atoms with van der Waals surface area (Å²) in [5, 5.41) is 0. The summed E-state index contributed by atoms with van der Waals surface area (Å²) in [4.78, 5) is 9.82. The molecule has 420 valence electrons. The van der Waals surface area contributed by atoms with Crippen molar-refractivity contribution in [1.82, 2.24) is 0 Å². The monoisotopic (exact) mass is 953 g/mol. The lowest BCUT2D eigenvalue weighted by molar-refractivity contribution is -0.140. The Hall–Kier alpha value is -0.530. The van der Waals surface area contributed by atoms with Gasteiger partial charge in [-0.25, -0.2) is 0 Å². The Kier molecular flexibility index (Phi) is 237. The lowest BCUT2D eigenvalue weighted by Crippen LogP contribution is -1.95. The molecule has 0 atom stereocenters. The molecule has 0 radical (unpaired) electrons. The molecule has 0 N–H and O–H groups in total. The van der Waals surface area contributed by atoms with Crippen LogP contribution in [0.25, 0.3) is 0 Å². The van der Waals surface area contributed by atoms with Crippen LogP contribution in [0.4, 0.5) is 0 Å². The Morgan fingerprint density at radius 3 is 0.273 bits per heavy atom. The van der Waals surface area contributed by atoms with E-state index in [0.717, 1.165) is 0 Å². The molecule has 0 aliphatic carbocycles. The summed E-state index contributed by atoms with van der Waals surface area (Å²) in [7, 11) is 0. The van der Waals surface area contributed by atoms with Crippen molar-refractivity contribution in [3.63, 3.8) is 0 Å². The zero-order chi connectivity index (χ0) is 54.4. The number of unbranched alkanes of at least 4 members (excludes halogenated alkanes) is 24. The molecule has 0 rings (SSSR count). The van der Waals surface area contributed by atoms with Gasteiger partial charge in [0.15, 0.2) is 0 Å².